The van der Waals surface area contributed by atoms with E-state index in [-0.39, 0.29) is 0 Å². The molecule has 0 saturated heterocycles. The van der Waals surface area contributed by atoms with Gasteiger partial charge in [-0.2, -0.15) is 0 Å². The Labute approximate surface area is 114 Å². The Kier molecular flexibility index (Phi) is 3.16. The van der Waals surface area contributed by atoms with Crippen LogP contribution in [-0.2, 0) is 6.42 Å². The highest BCUT2D eigenvalue weighted by Crippen LogP contribution is 2.37. The van der Waals surface area contributed by atoms with Crippen molar-refractivity contribution in [1.82, 2.24) is 0 Å². The molecule has 0 aliphatic carbocycles. The maximum atomic E-state index is 6.22. The smallest absolute Gasteiger partial charge is 0.0674 e. The van der Waals surface area contributed by atoms with Gasteiger partial charge >= 0.3 is 0 Å². The van der Waals surface area contributed by atoms with Crippen LogP contribution in [0.2, 0.25) is 0 Å². The number of rotatable bonds is 1. The van der Waals surface area contributed by atoms with Crippen molar-refractivity contribution in [2.24, 2.45) is 0 Å². The van der Waals surface area contributed by atoms with Crippen molar-refractivity contribution >= 4 is 17.1 Å². The summed E-state index contributed by atoms with van der Waals surface area (Å²) in [5.41, 5.74) is 12.3. The molecular weight excluding hydrogens is 232 g/mol. The van der Waals surface area contributed by atoms with Gasteiger partial charge in [0, 0.05) is 12.2 Å². The fourth-order valence-electron chi connectivity index (χ4n) is 2.97. The zero-order valence-electron chi connectivity index (χ0n) is 11.4. The highest BCUT2D eigenvalue weighted by molar-refractivity contribution is 5.79. The summed E-state index contributed by atoms with van der Waals surface area (Å²) < 4.78 is 0. The van der Waals surface area contributed by atoms with Crippen LogP contribution in [0.15, 0.2) is 42.5 Å². The molecule has 0 bridgehead atoms. The van der Waals surface area contributed by atoms with Crippen molar-refractivity contribution in [3.8, 4) is 0 Å². The maximum absolute atomic E-state index is 6.22. The number of anilines is 3. The molecule has 0 spiro atoms. The van der Waals surface area contributed by atoms with Gasteiger partial charge in [0.05, 0.1) is 11.4 Å². The van der Waals surface area contributed by atoms with Crippen molar-refractivity contribution in [3.63, 3.8) is 0 Å². The Morgan fingerprint density at radius 3 is 2.68 bits per heavy atom. The van der Waals surface area contributed by atoms with Gasteiger partial charge in [0.1, 0.15) is 0 Å². The monoisotopic (exact) mass is 252 g/mol. The molecule has 0 aromatic heterocycles. The quantitative estimate of drug-likeness (QED) is 0.776. The average Bonchev–Trinajstić information content (AvgIpc) is 2.62. The van der Waals surface area contributed by atoms with E-state index < -0.39 is 0 Å². The second-order valence-corrected chi connectivity index (χ2v) is 5.25. The zero-order valence-corrected chi connectivity index (χ0v) is 11.4. The fourth-order valence-corrected chi connectivity index (χ4v) is 2.97. The first kappa shape index (κ1) is 12.1. The van der Waals surface area contributed by atoms with Crippen LogP contribution in [-0.4, -0.2) is 6.54 Å². The third-order valence-corrected chi connectivity index (χ3v) is 3.90. The number of nitrogens with zero attached hydrogens (tertiary/aromatic N) is 1. The van der Waals surface area contributed by atoms with Gasteiger partial charge in [0.2, 0.25) is 0 Å². The Morgan fingerprint density at radius 2 is 1.84 bits per heavy atom. The molecule has 2 aromatic rings. The van der Waals surface area contributed by atoms with E-state index in [1.165, 1.54) is 41.8 Å². The van der Waals surface area contributed by atoms with Crippen molar-refractivity contribution in [1.29, 1.82) is 0 Å². The number of fused-ring (bicyclic) bond motifs is 1. The lowest BCUT2D eigenvalue weighted by molar-refractivity contribution is 0.761. The Balaban J connectivity index is 2.15. The summed E-state index contributed by atoms with van der Waals surface area (Å²) in [4.78, 5) is 2.40. The van der Waals surface area contributed by atoms with E-state index in [9.17, 15) is 0 Å². The SMILES string of the molecule is Cc1cccc(N)c1N1CCCCc2ccccc21. The number of hydrogen-bond acceptors (Lipinski definition) is 2. The molecule has 1 aliphatic heterocycles. The molecule has 2 N–H and O–H groups in total. The van der Waals surface area contributed by atoms with E-state index in [0.29, 0.717) is 0 Å². The van der Waals surface area contributed by atoms with Gasteiger partial charge in [-0.05, 0) is 49.4 Å². The number of aryl methyl sites for hydroxylation is 2. The van der Waals surface area contributed by atoms with Crippen molar-refractivity contribution in [3.05, 3.63) is 53.6 Å². The molecule has 1 aliphatic rings. The topological polar surface area (TPSA) is 29.3 Å². The van der Waals surface area contributed by atoms with Crippen LogP contribution in [0, 0.1) is 6.92 Å². The molecule has 98 valence electrons. The minimum Gasteiger partial charge on any atom is -0.397 e. The molecule has 0 unspecified atom stereocenters. The van der Waals surface area contributed by atoms with Crippen LogP contribution in [0.5, 0.6) is 0 Å². The molecule has 0 saturated carbocycles. The molecule has 1 heterocycles. The Hall–Kier alpha value is -1.96. The molecule has 2 nitrogen and oxygen atoms in total. The van der Waals surface area contributed by atoms with E-state index in [1.807, 2.05) is 12.1 Å². The lowest BCUT2D eigenvalue weighted by Crippen LogP contribution is -2.20. The number of benzene rings is 2. The van der Waals surface area contributed by atoms with E-state index >= 15 is 0 Å². The van der Waals surface area contributed by atoms with E-state index in [1.54, 1.807) is 0 Å². The molecular formula is C17H20N2. The predicted molar refractivity (Wildman–Crippen MR) is 82.0 cm³/mol. The molecule has 19 heavy (non-hydrogen) atoms. The number of hydrogen-bond donors (Lipinski definition) is 1. The minimum absolute atomic E-state index is 0.872. The lowest BCUT2D eigenvalue weighted by Gasteiger charge is -2.28. The summed E-state index contributed by atoms with van der Waals surface area (Å²) in [5.74, 6) is 0. The van der Waals surface area contributed by atoms with E-state index in [0.717, 1.165) is 12.2 Å². The number of para-hydroxylation sites is 2. The van der Waals surface area contributed by atoms with Crippen LogP contribution in [0.4, 0.5) is 17.1 Å². The largest absolute Gasteiger partial charge is 0.397 e. The van der Waals surface area contributed by atoms with Gasteiger partial charge in [-0.1, -0.05) is 30.3 Å². The highest BCUT2D eigenvalue weighted by Gasteiger charge is 2.19. The first-order chi connectivity index (χ1) is 9.27. The molecule has 0 amide bonds. The number of nitrogen functional groups attached to an aromatic ring is 1. The van der Waals surface area contributed by atoms with Crippen molar-refractivity contribution in [2.75, 3.05) is 17.2 Å². The summed E-state index contributed by atoms with van der Waals surface area (Å²) in [5, 5.41) is 0. The summed E-state index contributed by atoms with van der Waals surface area (Å²) in [6.45, 7) is 3.19. The minimum atomic E-state index is 0.872. The van der Waals surface area contributed by atoms with Gasteiger partial charge in [-0.25, -0.2) is 0 Å². The molecule has 0 atom stereocenters. The van der Waals surface area contributed by atoms with Gasteiger partial charge in [0.25, 0.3) is 0 Å². The molecule has 2 heteroatoms. The molecule has 0 radical (unpaired) electrons. The second-order valence-electron chi connectivity index (χ2n) is 5.25. The summed E-state index contributed by atoms with van der Waals surface area (Å²) in [7, 11) is 0. The Bertz CT molecular complexity index is 569. The summed E-state index contributed by atoms with van der Waals surface area (Å²) in [6, 6.07) is 14.9. The molecule has 2 aromatic carbocycles. The molecule has 0 fully saturated rings. The van der Waals surface area contributed by atoms with Crippen LogP contribution in [0.1, 0.15) is 24.0 Å². The predicted octanol–water partition coefficient (Wildman–Crippen LogP) is 4.05. The zero-order chi connectivity index (χ0) is 13.2. The van der Waals surface area contributed by atoms with Gasteiger partial charge in [-0.15, -0.1) is 0 Å². The standard InChI is InChI=1S/C17H20N2/c1-13-7-6-10-15(18)17(13)19-12-5-4-9-14-8-2-3-11-16(14)19/h2-3,6-8,10-11H,4-5,9,12,18H2,1H3. The third-order valence-electron chi connectivity index (χ3n) is 3.90. The van der Waals surface area contributed by atoms with Crippen LogP contribution in [0.25, 0.3) is 0 Å². The fraction of sp³-hybridized carbons (Fsp3) is 0.294. The van der Waals surface area contributed by atoms with Crippen LogP contribution in [0.3, 0.4) is 0 Å². The number of nitrogens with two attached hydrogens (primary N) is 1. The normalized spacial score (nSPS) is 14.9. The van der Waals surface area contributed by atoms with E-state index in [2.05, 4.69) is 42.2 Å². The summed E-state index contributed by atoms with van der Waals surface area (Å²) in [6.07, 6.45) is 3.63. The molecule has 3 rings (SSSR count). The highest BCUT2D eigenvalue weighted by atomic mass is 15.1. The van der Waals surface area contributed by atoms with Gasteiger partial charge in [-0.3, -0.25) is 0 Å². The van der Waals surface area contributed by atoms with Crippen molar-refractivity contribution in [2.45, 2.75) is 26.2 Å². The first-order valence-electron chi connectivity index (χ1n) is 6.98. The van der Waals surface area contributed by atoms with Gasteiger partial charge in [0.15, 0.2) is 0 Å². The second kappa shape index (κ2) is 4.96. The summed E-state index contributed by atoms with van der Waals surface area (Å²) >= 11 is 0. The van der Waals surface area contributed by atoms with Gasteiger partial charge < -0.3 is 10.6 Å². The van der Waals surface area contributed by atoms with Crippen LogP contribution >= 0.6 is 0 Å². The van der Waals surface area contributed by atoms with Crippen LogP contribution < -0.4 is 10.6 Å². The van der Waals surface area contributed by atoms with Crippen molar-refractivity contribution < 1.29 is 0 Å². The third kappa shape index (κ3) is 2.19. The Morgan fingerprint density at radius 1 is 1.00 bits per heavy atom. The first-order valence-corrected chi connectivity index (χ1v) is 6.98. The maximum Gasteiger partial charge on any atom is 0.0674 e. The lowest BCUT2D eigenvalue weighted by atomic mass is 10.1. The van der Waals surface area contributed by atoms with E-state index in [4.69, 9.17) is 5.73 Å². The average molecular weight is 252 g/mol.